The Bertz CT molecular complexity index is 893. The van der Waals surface area contributed by atoms with Crippen molar-refractivity contribution in [2.45, 2.75) is 181 Å². The van der Waals surface area contributed by atoms with Crippen molar-refractivity contribution in [3.05, 3.63) is 96.1 Å². The third-order valence-electron chi connectivity index (χ3n) is 10.0. The van der Waals surface area contributed by atoms with Gasteiger partial charge in [-0.25, -0.2) is 0 Å². The maximum atomic E-state index is 2.49. The molecule has 1 heteroatoms. The molecule has 0 aromatic heterocycles. The van der Waals surface area contributed by atoms with Crippen LogP contribution >= 0.6 is 0 Å². The Balaban J connectivity index is 1.80. The van der Waals surface area contributed by atoms with E-state index in [0.717, 1.165) is 17.6 Å². The number of benzene rings is 2. The van der Waals surface area contributed by atoms with Gasteiger partial charge in [0.2, 0.25) is 0 Å². The summed E-state index contributed by atoms with van der Waals surface area (Å²) in [5, 5.41) is 0. The van der Waals surface area contributed by atoms with Crippen LogP contribution in [0.3, 0.4) is 0 Å². The normalized spacial score (nSPS) is 12.1. The van der Waals surface area contributed by atoms with Crippen molar-refractivity contribution >= 4 is 0 Å². The second-order valence-electron chi connectivity index (χ2n) is 14.5. The molecule has 2 rings (SSSR count). The van der Waals surface area contributed by atoms with Crippen molar-refractivity contribution in [2.24, 2.45) is 0 Å². The first-order chi connectivity index (χ1) is 23.3. The molecule has 0 heterocycles. The average molecular weight is 643 g/mol. The van der Waals surface area contributed by atoms with Gasteiger partial charge in [-0.2, -0.15) is 0 Å². The standard InChI is InChI=1S/C46H76N/c1-3-5-7-9-11-13-15-17-19-21-23-25-27-35-41-47(43-45-37-31-29-32-38-45,44-46-39-33-30-34-40-46)42-36-28-26-24-22-20-18-16-14-12-10-8-6-4-2/h23-26,29-34,37-40H,3-22,27-28,35-36,41-44H2,1-2H3/q+1/b25-23+,26-24+. The van der Waals surface area contributed by atoms with Crippen LogP contribution in [0.15, 0.2) is 85.0 Å². The molecule has 1 nitrogen and oxygen atoms in total. The minimum absolute atomic E-state index is 1.13. The molecule has 0 bridgehead atoms. The van der Waals surface area contributed by atoms with E-state index < -0.39 is 0 Å². The summed E-state index contributed by atoms with van der Waals surface area (Å²) in [5.41, 5.74) is 2.95. The quantitative estimate of drug-likeness (QED) is 0.0423. The van der Waals surface area contributed by atoms with Crippen molar-refractivity contribution in [1.29, 1.82) is 0 Å². The number of hydrogen-bond acceptors (Lipinski definition) is 0. The highest BCUT2D eigenvalue weighted by molar-refractivity contribution is 5.15. The van der Waals surface area contributed by atoms with Crippen LogP contribution in [0.25, 0.3) is 0 Å². The second kappa shape index (κ2) is 30.0. The molecule has 0 aliphatic carbocycles. The highest BCUT2D eigenvalue weighted by atomic mass is 15.3. The number of unbranched alkanes of at least 4 members (excludes halogenated alkanes) is 20. The Morgan fingerprint density at radius 1 is 0.362 bits per heavy atom. The van der Waals surface area contributed by atoms with E-state index in [1.165, 1.54) is 178 Å². The Labute approximate surface area is 293 Å². The SMILES string of the molecule is CCCCCCCCCCC/C=C/CCC[N+](CCC/C=C/CCCCCCCCCCC)(Cc1ccccc1)Cc1ccccc1. The van der Waals surface area contributed by atoms with Crippen LogP contribution < -0.4 is 0 Å². The predicted octanol–water partition coefficient (Wildman–Crippen LogP) is 14.7. The van der Waals surface area contributed by atoms with Crippen LogP contribution in [-0.2, 0) is 13.1 Å². The zero-order chi connectivity index (χ0) is 33.4. The smallest absolute Gasteiger partial charge is 0.105 e. The lowest BCUT2D eigenvalue weighted by atomic mass is 10.1. The first kappa shape index (κ1) is 41.1. The molecule has 264 valence electrons. The molecule has 0 spiro atoms. The molecule has 0 amide bonds. The summed E-state index contributed by atoms with van der Waals surface area (Å²) in [6.07, 6.45) is 42.8. The molecule has 47 heavy (non-hydrogen) atoms. The number of allylic oxidation sites excluding steroid dienone is 4. The van der Waals surface area contributed by atoms with Crippen LogP contribution in [0.4, 0.5) is 0 Å². The van der Waals surface area contributed by atoms with Crippen molar-refractivity contribution in [2.75, 3.05) is 13.1 Å². The fourth-order valence-corrected chi connectivity index (χ4v) is 7.13. The number of nitrogens with zero attached hydrogens (tertiary/aromatic N) is 1. The van der Waals surface area contributed by atoms with Gasteiger partial charge < -0.3 is 4.48 Å². The molecule has 0 aliphatic heterocycles. The molecule has 2 aromatic rings. The number of hydrogen-bond donors (Lipinski definition) is 0. The summed E-state index contributed by atoms with van der Waals surface area (Å²) in [6, 6.07) is 22.6. The maximum absolute atomic E-state index is 2.49. The molecule has 0 saturated carbocycles. The number of quaternary nitrogens is 1. The molecule has 0 atom stereocenters. The van der Waals surface area contributed by atoms with E-state index in [0.29, 0.717) is 0 Å². The summed E-state index contributed by atoms with van der Waals surface area (Å²) in [5.74, 6) is 0. The van der Waals surface area contributed by atoms with Gasteiger partial charge in [-0.05, 0) is 38.5 Å². The van der Waals surface area contributed by atoms with E-state index >= 15 is 0 Å². The summed E-state index contributed by atoms with van der Waals surface area (Å²) < 4.78 is 1.16. The molecular weight excluding hydrogens is 567 g/mol. The van der Waals surface area contributed by atoms with E-state index in [2.05, 4.69) is 98.8 Å². The van der Waals surface area contributed by atoms with Gasteiger partial charge in [0, 0.05) is 24.0 Å². The Kier molecular flexibility index (Phi) is 26.2. The van der Waals surface area contributed by atoms with E-state index in [4.69, 9.17) is 0 Å². The van der Waals surface area contributed by atoms with Gasteiger partial charge in [0.15, 0.2) is 0 Å². The summed E-state index contributed by atoms with van der Waals surface area (Å²) in [7, 11) is 0. The van der Waals surface area contributed by atoms with Crippen molar-refractivity contribution in [3.8, 4) is 0 Å². The highest BCUT2D eigenvalue weighted by Crippen LogP contribution is 2.23. The molecule has 0 unspecified atom stereocenters. The summed E-state index contributed by atoms with van der Waals surface area (Å²) in [4.78, 5) is 0. The van der Waals surface area contributed by atoms with Gasteiger partial charge in [-0.1, -0.05) is 202 Å². The van der Waals surface area contributed by atoms with Crippen LogP contribution in [0.2, 0.25) is 0 Å². The minimum atomic E-state index is 1.13. The van der Waals surface area contributed by atoms with Gasteiger partial charge >= 0.3 is 0 Å². The highest BCUT2D eigenvalue weighted by Gasteiger charge is 2.27. The predicted molar refractivity (Wildman–Crippen MR) is 211 cm³/mol. The average Bonchev–Trinajstić information content (AvgIpc) is 3.09. The first-order valence-corrected chi connectivity index (χ1v) is 20.5. The summed E-state index contributed by atoms with van der Waals surface area (Å²) >= 11 is 0. The first-order valence-electron chi connectivity index (χ1n) is 20.5. The van der Waals surface area contributed by atoms with Gasteiger partial charge in [-0.15, -0.1) is 0 Å². The van der Waals surface area contributed by atoms with Gasteiger partial charge in [0.1, 0.15) is 13.1 Å². The maximum Gasteiger partial charge on any atom is 0.105 e. The molecular formula is C46H76N+. The topological polar surface area (TPSA) is 0 Å². The molecule has 0 aliphatic rings. The fraction of sp³-hybridized carbons (Fsp3) is 0.652. The minimum Gasteiger partial charge on any atom is -0.316 e. The molecule has 2 aromatic carbocycles. The van der Waals surface area contributed by atoms with Crippen LogP contribution in [0.1, 0.15) is 179 Å². The van der Waals surface area contributed by atoms with E-state index in [9.17, 15) is 0 Å². The van der Waals surface area contributed by atoms with Crippen LogP contribution in [0, 0.1) is 0 Å². The third kappa shape index (κ3) is 23.0. The van der Waals surface area contributed by atoms with E-state index in [1.54, 1.807) is 0 Å². The fourth-order valence-electron chi connectivity index (χ4n) is 7.13. The lowest BCUT2D eigenvalue weighted by molar-refractivity contribution is -0.954. The van der Waals surface area contributed by atoms with Crippen molar-refractivity contribution < 1.29 is 4.48 Å². The van der Waals surface area contributed by atoms with E-state index in [-0.39, 0.29) is 0 Å². The molecule has 0 radical (unpaired) electrons. The van der Waals surface area contributed by atoms with Gasteiger partial charge in [-0.3, -0.25) is 0 Å². The Morgan fingerprint density at radius 3 is 1.00 bits per heavy atom. The second-order valence-corrected chi connectivity index (χ2v) is 14.5. The molecule has 0 saturated heterocycles. The molecule has 0 N–H and O–H groups in total. The van der Waals surface area contributed by atoms with E-state index in [1.807, 2.05) is 0 Å². The molecule has 0 fully saturated rings. The van der Waals surface area contributed by atoms with Gasteiger partial charge in [0.25, 0.3) is 0 Å². The monoisotopic (exact) mass is 643 g/mol. The van der Waals surface area contributed by atoms with Crippen molar-refractivity contribution in [1.82, 2.24) is 0 Å². The Morgan fingerprint density at radius 2 is 0.660 bits per heavy atom. The number of rotatable bonds is 32. The van der Waals surface area contributed by atoms with Crippen LogP contribution in [-0.4, -0.2) is 17.6 Å². The largest absolute Gasteiger partial charge is 0.316 e. The zero-order valence-corrected chi connectivity index (χ0v) is 31.3. The lowest BCUT2D eigenvalue weighted by Crippen LogP contribution is -2.48. The van der Waals surface area contributed by atoms with Gasteiger partial charge in [0.05, 0.1) is 13.1 Å². The third-order valence-corrected chi connectivity index (χ3v) is 10.0. The zero-order valence-electron chi connectivity index (χ0n) is 31.3. The Hall–Kier alpha value is -2.12. The van der Waals surface area contributed by atoms with Crippen molar-refractivity contribution in [3.63, 3.8) is 0 Å². The van der Waals surface area contributed by atoms with Crippen LogP contribution in [0.5, 0.6) is 0 Å². The lowest BCUT2D eigenvalue weighted by Gasteiger charge is -2.39. The summed E-state index contributed by atoms with van der Waals surface area (Å²) in [6.45, 7) is 9.35.